The van der Waals surface area contributed by atoms with Crippen molar-refractivity contribution in [3.8, 4) is 0 Å². The van der Waals surface area contributed by atoms with Crippen LogP contribution in [0.3, 0.4) is 0 Å². The van der Waals surface area contributed by atoms with Gasteiger partial charge >= 0.3 is 12.0 Å². The van der Waals surface area contributed by atoms with Gasteiger partial charge in [0.1, 0.15) is 6.54 Å². The van der Waals surface area contributed by atoms with Crippen molar-refractivity contribution >= 4 is 17.9 Å². The molecule has 0 rings (SSSR count). The van der Waals surface area contributed by atoms with Gasteiger partial charge in [-0.15, -0.1) is 0 Å². The number of nitrogens with one attached hydrogen (secondary N) is 2. The van der Waals surface area contributed by atoms with E-state index in [0.717, 1.165) is 0 Å². The third-order valence-electron chi connectivity index (χ3n) is 2.42. The van der Waals surface area contributed by atoms with Gasteiger partial charge in [0.25, 0.3) is 0 Å². The summed E-state index contributed by atoms with van der Waals surface area (Å²) < 4.78 is 0. The number of urea groups is 1. The van der Waals surface area contributed by atoms with Gasteiger partial charge in [0, 0.05) is 20.1 Å². The molecule has 0 radical (unpaired) electrons. The molecule has 3 N–H and O–H groups in total. The van der Waals surface area contributed by atoms with Crippen molar-refractivity contribution in [3.05, 3.63) is 0 Å². The molecule has 0 spiro atoms. The van der Waals surface area contributed by atoms with Gasteiger partial charge in [0.15, 0.2) is 0 Å². The number of nitrogens with zero attached hydrogens (tertiary/aromatic N) is 1. The van der Waals surface area contributed by atoms with Gasteiger partial charge in [0.2, 0.25) is 5.91 Å². The normalized spacial score (nSPS) is 11.8. The van der Waals surface area contributed by atoms with Gasteiger partial charge < -0.3 is 20.6 Å². The summed E-state index contributed by atoms with van der Waals surface area (Å²) in [5, 5.41) is 13.8. The molecule has 3 amide bonds. The predicted molar refractivity (Wildman–Crippen MR) is 70.7 cm³/mol. The van der Waals surface area contributed by atoms with Crippen molar-refractivity contribution in [3.63, 3.8) is 0 Å². The van der Waals surface area contributed by atoms with E-state index in [1.54, 1.807) is 0 Å². The summed E-state index contributed by atoms with van der Waals surface area (Å²) in [6.07, 6.45) is 0. The van der Waals surface area contributed by atoms with Gasteiger partial charge in [-0.3, -0.25) is 9.59 Å². The third kappa shape index (κ3) is 8.01. The number of hydrogen-bond acceptors (Lipinski definition) is 3. The van der Waals surface area contributed by atoms with Crippen LogP contribution in [0.15, 0.2) is 0 Å². The summed E-state index contributed by atoms with van der Waals surface area (Å²) in [6, 6.07) is -0.465. The van der Waals surface area contributed by atoms with Crippen LogP contribution in [0.2, 0.25) is 0 Å². The van der Waals surface area contributed by atoms with Crippen LogP contribution >= 0.6 is 0 Å². The number of carboxylic acid groups (broad SMARTS) is 1. The van der Waals surface area contributed by atoms with Gasteiger partial charge in [-0.05, 0) is 5.92 Å². The van der Waals surface area contributed by atoms with Crippen molar-refractivity contribution in [1.29, 1.82) is 0 Å². The number of amides is 3. The molecule has 1 unspecified atom stereocenters. The number of carbonyl (C=O) groups excluding carboxylic acids is 2. The van der Waals surface area contributed by atoms with Gasteiger partial charge in [-0.25, -0.2) is 4.79 Å². The zero-order chi connectivity index (χ0) is 15.0. The van der Waals surface area contributed by atoms with Crippen LogP contribution in [0.1, 0.15) is 20.8 Å². The highest BCUT2D eigenvalue weighted by Gasteiger charge is 2.16. The van der Waals surface area contributed by atoms with E-state index in [-0.39, 0.29) is 19.0 Å². The Morgan fingerprint density at radius 3 is 2.16 bits per heavy atom. The van der Waals surface area contributed by atoms with E-state index in [9.17, 15) is 14.4 Å². The Morgan fingerprint density at radius 2 is 1.68 bits per heavy atom. The minimum atomic E-state index is -0.974. The third-order valence-corrected chi connectivity index (χ3v) is 2.42. The second-order valence-electron chi connectivity index (χ2n) is 4.98. The second-order valence-corrected chi connectivity index (χ2v) is 4.98. The Labute approximate surface area is 113 Å². The van der Waals surface area contributed by atoms with Crippen LogP contribution in [0, 0.1) is 11.8 Å². The van der Waals surface area contributed by atoms with Crippen molar-refractivity contribution < 1.29 is 19.5 Å². The van der Waals surface area contributed by atoms with Gasteiger partial charge in [0.05, 0.1) is 5.92 Å². The first-order valence-electron chi connectivity index (χ1n) is 6.22. The van der Waals surface area contributed by atoms with Crippen LogP contribution in [0.4, 0.5) is 4.79 Å². The van der Waals surface area contributed by atoms with Gasteiger partial charge in [-0.2, -0.15) is 0 Å². The largest absolute Gasteiger partial charge is 0.481 e. The average Bonchev–Trinajstić information content (AvgIpc) is 2.32. The monoisotopic (exact) mass is 273 g/mol. The highest BCUT2D eigenvalue weighted by Crippen LogP contribution is 1.93. The molecule has 0 aliphatic heterocycles. The molecule has 0 fully saturated rings. The molecule has 0 saturated heterocycles. The molecule has 0 bridgehead atoms. The number of likely N-dealkylation sites (N-methyl/N-ethyl adjacent to an activating group) is 1. The van der Waals surface area contributed by atoms with Crippen LogP contribution in [-0.2, 0) is 9.59 Å². The maximum absolute atomic E-state index is 11.6. The van der Waals surface area contributed by atoms with E-state index in [1.165, 1.54) is 18.9 Å². The fourth-order valence-corrected chi connectivity index (χ4v) is 1.12. The molecule has 7 heteroatoms. The summed E-state index contributed by atoms with van der Waals surface area (Å²) in [4.78, 5) is 34.9. The van der Waals surface area contributed by atoms with Crippen LogP contribution in [0.5, 0.6) is 0 Å². The maximum Gasteiger partial charge on any atom is 0.317 e. The standard InChI is InChI=1S/C12H23N3O4/c1-8(2)5-13-10(16)7-15(4)12(19)14-6-9(3)11(17)18/h8-9H,5-7H2,1-4H3,(H,13,16)(H,14,19)(H,17,18). The molecule has 0 aromatic heterocycles. The van der Waals surface area contributed by atoms with E-state index < -0.39 is 17.9 Å². The molecular formula is C12H23N3O4. The molecule has 0 aromatic carbocycles. The molecule has 1 atom stereocenters. The minimum absolute atomic E-state index is 0.0338. The highest BCUT2D eigenvalue weighted by molar-refractivity contribution is 5.84. The zero-order valence-corrected chi connectivity index (χ0v) is 11.9. The molecule has 0 aliphatic rings. The zero-order valence-electron chi connectivity index (χ0n) is 11.9. The lowest BCUT2D eigenvalue weighted by molar-refractivity contribution is -0.140. The minimum Gasteiger partial charge on any atom is -0.481 e. The summed E-state index contributed by atoms with van der Waals surface area (Å²) in [7, 11) is 1.48. The lowest BCUT2D eigenvalue weighted by Crippen LogP contribution is -2.45. The van der Waals surface area contributed by atoms with Crippen molar-refractivity contribution in [2.24, 2.45) is 11.8 Å². The fraction of sp³-hybridized carbons (Fsp3) is 0.750. The predicted octanol–water partition coefficient (Wildman–Crippen LogP) is 0.121. The number of hydrogen-bond donors (Lipinski definition) is 3. The molecule has 0 saturated carbocycles. The van der Waals surface area contributed by atoms with Crippen molar-refractivity contribution in [2.45, 2.75) is 20.8 Å². The van der Waals surface area contributed by atoms with Crippen LogP contribution in [-0.4, -0.2) is 54.6 Å². The molecular weight excluding hydrogens is 250 g/mol. The Kier molecular flexibility index (Phi) is 7.55. The Hall–Kier alpha value is -1.79. The molecule has 0 heterocycles. The van der Waals surface area contributed by atoms with Crippen LogP contribution < -0.4 is 10.6 Å². The van der Waals surface area contributed by atoms with E-state index in [1.807, 2.05) is 13.8 Å². The number of rotatable bonds is 7. The molecule has 110 valence electrons. The molecule has 0 aromatic rings. The molecule has 19 heavy (non-hydrogen) atoms. The summed E-state index contributed by atoms with van der Waals surface area (Å²) >= 11 is 0. The maximum atomic E-state index is 11.6. The first-order chi connectivity index (χ1) is 8.73. The second kappa shape index (κ2) is 8.34. The Balaban J connectivity index is 3.99. The number of carboxylic acids is 1. The van der Waals surface area contributed by atoms with Crippen molar-refractivity contribution in [1.82, 2.24) is 15.5 Å². The van der Waals surface area contributed by atoms with E-state index >= 15 is 0 Å². The first kappa shape index (κ1) is 17.2. The number of aliphatic carboxylic acids is 1. The van der Waals surface area contributed by atoms with E-state index in [0.29, 0.717) is 12.5 Å². The fourth-order valence-electron chi connectivity index (χ4n) is 1.12. The van der Waals surface area contributed by atoms with E-state index in [2.05, 4.69) is 10.6 Å². The number of carbonyl (C=O) groups is 3. The van der Waals surface area contributed by atoms with Gasteiger partial charge in [-0.1, -0.05) is 20.8 Å². The lowest BCUT2D eigenvalue weighted by atomic mass is 10.2. The topological polar surface area (TPSA) is 98.7 Å². The average molecular weight is 273 g/mol. The summed E-state index contributed by atoms with van der Waals surface area (Å²) in [6.45, 7) is 5.99. The Morgan fingerprint density at radius 1 is 1.11 bits per heavy atom. The molecule has 0 aliphatic carbocycles. The smallest absolute Gasteiger partial charge is 0.317 e. The van der Waals surface area contributed by atoms with Crippen molar-refractivity contribution in [2.75, 3.05) is 26.7 Å². The quantitative estimate of drug-likeness (QED) is 0.613. The SMILES string of the molecule is CC(C)CNC(=O)CN(C)C(=O)NCC(C)C(=O)O. The van der Waals surface area contributed by atoms with E-state index in [4.69, 9.17) is 5.11 Å². The van der Waals surface area contributed by atoms with Crippen LogP contribution in [0.25, 0.3) is 0 Å². The first-order valence-corrected chi connectivity index (χ1v) is 6.22. The lowest BCUT2D eigenvalue weighted by Gasteiger charge is -2.18. The molecule has 7 nitrogen and oxygen atoms in total. The Bertz CT molecular complexity index is 331. The highest BCUT2D eigenvalue weighted by atomic mass is 16.4. The summed E-state index contributed by atoms with van der Waals surface area (Å²) in [5.41, 5.74) is 0. The summed E-state index contributed by atoms with van der Waals surface area (Å²) in [5.74, 6) is -1.53.